The number of rotatable bonds is 4. The molecule has 2 aromatic rings. The largest absolute Gasteiger partial charge is 0.346 e. The van der Waals surface area contributed by atoms with Crippen molar-refractivity contribution in [2.45, 2.75) is 6.92 Å². The molecule has 1 aromatic carbocycles. The van der Waals surface area contributed by atoms with E-state index in [1.54, 1.807) is 4.90 Å². The van der Waals surface area contributed by atoms with E-state index >= 15 is 0 Å². The molecule has 1 N–H and O–H groups in total. The van der Waals surface area contributed by atoms with Crippen LogP contribution in [-0.2, 0) is 0 Å². The Labute approximate surface area is 126 Å². The Morgan fingerprint density at radius 1 is 1.35 bits per heavy atom. The van der Waals surface area contributed by atoms with Gasteiger partial charge in [0.15, 0.2) is 0 Å². The Balaban J connectivity index is 2.19. The van der Waals surface area contributed by atoms with Crippen molar-refractivity contribution in [3.8, 4) is 6.07 Å². The van der Waals surface area contributed by atoms with Crippen LogP contribution in [0.25, 0.3) is 0 Å². The first-order valence-electron chi connectivity index (χ1n) is 6.03. The van der Waals surface area contributed by atoms with Gasteiger partial charge >= 0.3 is 0 Å². The van der Waals surface area contributed by atoms with Crippen LogP contribution in [0.2, 0.25) is 0 Å². The normalized spacial score (nSPS) is 9.90. The molecular formula is C14H14BrN5. The molecule has 0 saturated carbocycles. The van der Waals surface area contributed by atoms with Crippen LogP contribution in [0.4, 0.5) is 17.3 Å². The predicted octanol–water partition coefficient (Wildman–Crippen LogP) is 3.25. The zero-order valence-electron chi connectivity index (χ0n) is 11.3. The van der Waals surface area contributed by atoms with Crippen LogP contribution in [0.1, 0.15) is 5.56 Å². The van der Waals surface area contributed by atoms with Gasteiger partial charge in [0.1, 0.15) is 24.5 Å². The van der Waals surface area contributed by atoms with E-state index < -0.39 is 0 Å². The van der Waals surface area contributed by atoms with Gasteiger partial charge in [0.2, 0.25) is 0 Å². The summed E-state index contributed by atoms with van der Waals surface area (Å²) in [6, 6.07) is 9.89. The fourth-order valence-corrected chi connectivity index (χ4v) is 1.93. The molecule has 5 nitrogen and oxygen atoms in total. The molecule has 0 unspecified atom stereocenters. The molecule has 6 heteroatoms. The van der Waals surface area contributed by atoms with E-state index in [1.165, 1.54) is 6.33 Å². The van der Waals surface area contributed by atoms with Crippen LogP contribution in [0.3, 0.4) is 0 Å². The summed E-state index contributed by atoms with van der Waals surface area (Å²) in [4.78, 5) is 10.1. The highest BCUT2D eigenvalue weighted by molar-refractivity contribution is 9.10. The van der Waals surface area contributed by atoms with Crippen molar-refractivity contribution >= 4 is 33.3 Å². The van der Waals surface area contributed by atoms with E-state index in [0.717, 1.165) is 15.7 Å². The maximum Gasteiger partial charge on any atom is 0.135 e. The highest BCUT2D eigenvalue weighted by atomic mass is 79.9. The number of hydrogen-bond acceptors (Lipinski definition) is 5. The van der Waals surface area contributed by atoms with Gasteiger partial charge in [0.05, 0.1) is 6.07 Å². The number of nitrogens with zero attached hydrogens (tertiary/aromatic N) is 4. The number of benzene rings is 1. The zero-order chi connectivity index (χ0) is 14.5. The summed E-state index contributed by atoms with van der Waals surface area (Å²) >= 11 is 3.47. The van der Waals surface area contributed by atoms with Crippen LogP contribution in [0.5, 0.6) is 0 Å². The summed E-state index contributed by atoms with van der Waals surface area (Å²) in [5.41, 5.74) is 2.10. The van der Waals surface area contributed by atoms with Crippen LogP contribution in [-0.4, -0.2) is 23.6 Å². The minimum Gasteiger partial charge on any atom is -0.346 e. The summed E-state index contributed by atoms with van der Waals surface area (Å²) < 4.78 is 1.07. The van der Waals surface area contributed by atoms with Crippen LogP contribution in [0, 0.1) is 18.3 Å². The van der Waals surface area contributed by atoms with Gasteiger partial charge in [-0.25, -0.2) is 9.97 Å². The summed E-state index contributed by atoms with van der Waals surface area (Å²) in [5, 5.41) is 11.9. The number of nitrogens with one attached hydrogen (secondary N) is 1. The molecular weight excluding hydrogens is 318 g/mol. The van der Waals surface area contributed by atoms with Crippen molar-refractivity contribution in [2.24, 2.45) is 0 Å². The third-order valence-electron chi connectivity index (χ3n) is 2.78. The van der Waals surface area contributed by atoms with Crippen molar-refractivity contribution in [2.75, 3.05) is 23.8 Å². The fourth-order valence-electron chi connectivity index (χ4n) is 1.68. The Kier molecular flexibility index (Phi) is 4.53. The Bertz CT molecular complexity index is 650. The number of hydrogen-bond donors (Lipinski definition) is 1. The van der Waals surface area contributed by atoms with Gasteiger partial charge < -0.3 is 10.2 Å². The molecule has 0 atom stereocenters. The first kappa shape index (κ1) is 14.3. The summed E-state index contributed by atoms with van der Waals surface area (Å²) in [7, 11) is 1.82. The predicted molar refractivity (Wildman–Crippen MR) is 83.1 cm³/mol. The fraction of sp³-hybridized carbons (Fsp3) is 0.214. The Morgan fingerprint density at radius 3 is 2.85 bits per heavy atom. The highest BCUT2D eigenvalue weighted by Crippen LogP contribution is 2.23. The number of anilines is 3. The molecule has 0 spiro atoms. The van der Waals surface area contributed by atoms with E-state index in [9.17, 15) is 0 Å². The molecule has 0 aliphatic carbocycles. The molecule has 2 rings (SSSR count). The number of halogens is 1. The maximum absolute atomic E-state index is 8.70. The van der Waals surface area contributed by atoms with Gasteiger partial charge in [-0.15, -0.1) is 0 Å². The molecule has 102 valence electrons. The van der Waals surface area contributed by atoms with Gasteiger partial charge in [-0.1, -0.05) is 15.9 Å². The molecule has 0 radical (unpaired) electrons. The minimum atomic E-state index is 0.286. The number of aromatic nitrogens is 2. The first-order chi connectivity index (χ1) is 9.60. The lowest BCUT2D eigenvalue weighted by Crippen LogP contribution is -2.18. The van der Waals surface area contributed by atoms with E-state index in [4.69, 9.17) is 5.26 Å². The highest BCUT2D eigenvalue weighted by Gasteiger charge is 2.04. The number of nitriles is 1. The van der Waals surface area contributed by atoms with E-state index in [0.29, 0.717) is 11.6 Å². The topological polar surface area (TPSA) is 64.8 Å². The van der Waals surface area contributed by atoms with Gasteiger partial charge in [-0.3, -0.25) is 0 Å². The molecule has 0 aliphatic rings. The Morgan fingerprint density at radius 2 is 2.15 bits per heavy atom. The van der Waals surface area contributed by atoms with E-state index in [1.807, 2.05) is 38.2 Å². The van der Waals surface area contributed by atoms with Crippen LogP contribution < -0.4 is 10.2 Å². The smallest absolute Gasteiger partial charge is 0.135 e. The second-order valence-electron chi connectivity index (χ2n) is 4.36. The van der Waals surface area contributed by atoms with E-state index in [-0.39, 0.29) is 6.54 Å². The molecule has 0 aliphatic heterocycles. The lowest BCUT2D eigenvalue weighted by molar-refractivity contribution is 0.981. The Hall–Kier alpha value is -2.13. The van der Waals surface area contributed by atoms with Crippen molar-refractivity contribution < 1.29 is 0 Å². The van der Waals surface area contributed by atoms with Crippen molar-refractivity contribution in [1.29, 1.82) is 5.26 Å². The average Bonchev–Trinajstić information content (AvgIpc) is 2.43. The minimum absolute atomic E-state index is 0.286. The monoisotopic (exact) mass is 331 g/mol. The maximum atomic E-state index is 8.70. The second kappa shape index (κ2) is 6.35. The molecule has 0 amide bonds. The quantitative estimate of drug-likeness (QED) is 0.871. The lowest BCUT2D eigenvalue weighted by atomic mass is 10.2. The van der Waals surface area contributed by atoms with Gasteiger partial charge in [0.25, 0.3) is 0 Å². The second-order valence-corrected chi connectivity index (χ2v) is 5.22. The van der Waals surface area contributed by atoms with Gasteiger partial charge in [-0.2, -0.15) is 5.26 Å². The van der Waals surface area contributed by atoms with E-state index in [2.05, 4.69) is 37.3 Å². The summed E-state index contributed by atoms with van der Waals surface area (Å²) in [6.45, 7) is 2.31. The third-order valence-corrected chi connectivity index (χ3v) is 3.67. The number of aryl methyl sites for hydroxylation is 1. The molecule has 0 bridgehead atoms. The van der Waals surface area contributed by atoms with Gasteiger partial charge in [0, 0.05) is 23.3 Å². The van der Waals surface area contributed by atoms with Crippen LogP contribution in [0.15, 0.2) is 35.1 Å². The standard InChI is InChI=1S/C14H14BrN5/c1-10-7-11(3-4-12(10)15)19-13-8-14(18-9-17-13)20(2)6-5-16/h3-4,7-9H,6H2,1-2H3,(H,17,18,19). The lowest BCUT2D eigenvalue weighted by Gasteiger charge is -2.15. The SMILES string of the molecule is Cc1cc(Nc2cc(N(C)CC#N)ncn2)ccc1Br. The van der Waals surface area contributed by atoms with Gasteiger partial charge in [-0.05, 0) is 30.7 Å². The van der Waals surface area contributed by atoms with Crippen molar-refractivity contribution in [3.05, 3.63) is 40.6 Å². The molecule has 0 saturated heterocycles. The first-order valence-corrected chi connectivity index (χ1v) is 6.83. The van der Waals surface area contributed by atoms with Crippen molar-refractivity contribution in [1.82, 2.24) is 9.97 Å². The van der Waals surface area contributed by atoms with Crippen molar-refractivity contribution in [3.63, 3.8) is 0 Å². The van der Waals surface area contributed by atoms with Crippen LogP contribution >= 0.6 is 15.9 Å². The molecule has 0 fully saturated rings. The average molecular weight is 332 g/mol. The molecule has 1 aromatic heterocycles. The summed E-state index contributed by atoms with van der Waals surface area (Å²) in [6.07, 6.45) is 1.48. The molecule has 20 heavy (non-hydrogen) atoms. The zero-order valence-corrected chi connectivity index (χ0v) is 12.8. The summed E-state index contributed by atoms with van der Waals surface area (Å²) in [5.74, 6) is 1.40. The third kappa shape index (κ3) is 3.45. The molecule has 1 heterocycles.